The van der Waals surface area contributed by atoms with Crippen LogP contribution in [0.25, 0.3) is 0 Å². The molecule has 1 amide bonds. The molecule has 3 N–H and O–H groups in total. The molecule has 0 bridgehead atoms. The highest BCUT2D eigenvalue weighted by Crippen LogP contribution is 2.34. The Morgan fingerprint density at radius 1 is 1.40 bits per heavy atom. The molecule has 1 aliphatic rings. The Hall–Kier alpha value is -1.40. The van der Waals surface area contributed by atoms with Crippen LogP contribution in [0, 0.1) is 5.41 Å². The van der Waals surface area contributed by atoms with Crippen molar-refractivity contribution < 1.29 is 18.3 Å². The molecule has 0 radical (unpaired) electrons. The van der Waals surface area contributed by atoms with Crippen molar-refractivity contribution in [1.82, 2.24) is 5.32 Å². The lowest BCUT2D eigenvalue weighted by Gasteiger charge is -2.33. The number of carbonyl (C=O) groups excluding carboxylic acids is 1. The first-order valence-electron chi connectivity index (χ1n) is 8.54. The third-order valence-corrected chi connectivity index (χ3v) is 5.19. The number of nitrogens with two attached hydrogens (primary N) is 1. The molecule has 0 heterocycles. The number of fused-ring (bicyclic) bond motifs is 1. The van der Waals surface area contributed by atoms with E-state index in [0.717, 1.165) is 30.4 Å². The van der Waals surface area contributed by atoms with Gasteiger partial charge in [0.1, 0.15) is 5.75 Å². The van der Waals surface area contributed by atoms with Crippen molar-refractivity contribution in [1.29, 1.82) is 0 Å². The molecule has 0 saturated heterocycles. The Kier molecular flexibility index (Phi) is 8.09. The van der Waals surface area contributed by atoms with E-state index in [9.17, 15) is 13.6 Å². The maximum absolute atomic E-state index is 12.7. The van der Waals surface area contributed by atoms with Gasteiger partial charge in [0.05, 0.1) is 11.5 Å². The van der Waals surface area contributed by atoms with E-state index in [2.05, 4.69) is 10.1 Å². The molecule has 142 valence electrons. The number of aryl methyl sites for hydroxylation is 1. The lowest BCUT2D eigenvalue weighted by molar-refractivity contribution is -0.132. The number of carbonyl (C=O) groups is 1. The van der Waals surface area contributed by atoms with Gasteiger partial charge in [0.25, 0.3) is 0 Å². The van der Waals surface area contributed by atoms with Crippen LogP contribution in [0.5, 0.6) is 5.75 Å². The average Bonchev–Trinajstić information content (AvgIpc) is 2.56. The summed E-state index contributed by atoms with van der Waals surface area (Å²) >= 11 is 0. The summed E-state index contributed by atoms with van der Waals surface area (Å²) in [7, 11) is 0. The zero-order valence-corrected chi connectivity index (χ0v) is 15.5. The molecular formula is C18H27ClF2N2O2. The second-order valence-corrected chi connectivity index (χ2v) is 6.35. The van der Waals surface area contributed by atoms with Gasteiger partial charge in [-0.05, 0) is 55.4 Å². The van der Waals surface area contributed by atoms with Crippen LogP contribution in [0.1, 0.15) is 56.7 Å². The molecule has 2 rings (SSSR count). The first kappa shape index (κ1) is 21.6. The molecule has 0 aliphatic heterocycles. The van der Waals surface area contributed by atoms with Gasteiger partial charge < -0.3 is 15.8 Å². The molecule has 1 aromatic rings. The minimum Gasteiger partial charge on any atom is -0.435 e. The van der Waals surface area contributed by atoms with Gasteiger partial charge in [-0.25, -0.2) is 0 Å². The average molecular weight is 377 g/mol. The van der Waals surface area contributed by atoms with Crippen molar-refractivity contribution in [2.75, 3.05) is 6.54 Å². The number of hydrogen-bond donors (Lipinski definition) is 2. The van der Waals surface area contributed by atoms with Gasteiger partial charge >= 0.3 is 6.61 Å². The van der Waals surface area contributed by atoms with Crippen LogP contribution in [0.15, 0.2) is 18.2 Å². The molecular weight excluding hydrogens is 350 g/mol. The summed E-state index contributed by atoms with van der Waals surface area (Å²) in [6, 6.07) is 4.85. The van der Waals surface area contributed by atoms with Gasteiger partial charge in [-0.15, -0.1) is 12.4 Å². The van der Waals surface area contributed by atoms with E-state index in [4.69, 9.17) is 5.73 Å². The number of benzene rings is 1. The SMILES string of the molecule is CCC(CC)(CN)C(=O)NC1CCCc2cc(OC(F)F)ccc21.Cl. The molecule has 4 nitrogen and oxygen atoms in total. The molecule has 7 heteroatoms. The molecule has 0 aromatic heterocycles. The van der Waals surface area contributed by atoms with Crippen molar-refractivity contribution >= 4 is 18.3 Å². The standard InChI is InChI=1S/C18H26F2N2O2.ClH/c1-3-18(4-2,11-21)16(23)22-15-7-5-6-12-10-13(24-17(19)20)8-9-14(12)15;/h8-10,15,17H,3-7,11,21H2,1-2H3,(H,22,23);1H. The fraction of sp³-hybridized carbons (Fsp3) is 0.611. The second-order valence-electron chi connectivity index (χ2n) is 6.35. The highest BCUT2D eigenvalue weighted by atomic mass is 35.5. The summed E-state index contributed by atoms with van der Waals surface area (Å²) in [6.07, 6.45) is 3.90. The molecule has 0 fully saturated rings. The van der Waals surface area contributed by atoms with Gasteiger partial charge in [0.15, 0.2) is 0 Å². The summed E-state index contributed by atoms with van der Waals surface area (Å²) in [6.45, 7) is 1.42. The predicted octanol–water partition coefficient (Wildman–Crippen LogP) is 3.97. The molecule has 1 aliphatic carbocycles. The van der Waals surface area contributed by atoms with E-state index in [1.807, 2.05) is 13.8 Å². The Bertz CT molecular complexity index is 572. The number of amides is 1. The number of hydrogen-bond acceptors (Lipinski definition) is 3. The van der Waals surface area contributed by atoms with Crippen molar-refractivity contribution in [3.8, 4) is 5.75 Å². The minimum atomic E-state index is -2.83. The molecule has 25 heavy (non-hydrogen) atoms. The molecule has 0 saturated carbocycles. The second kappa shape index (κ2) is 9.34. The number of halogens is 3. The Morgan fingerprint density at radius 2 is 2.08 bits per heavy atom. The van der Waals surface area contributed by atoms with Crippen molar-refractivity contribution in [3.63, 3.8) is 0 Å². The Morgan fingerprint density at radius 3 is 2.64 bits per heavy atom. The fourth-order valence-electron chi connectivity index (χ4n) is 3.38. The number of ether oxygens (including phenoxy) is 1. The molecule has 0 spiro atoms. The zero-order valence-electron chi connectivity index (χ0n) is 14.7. The van der Waals surface area contributed by atoms with E-state index in [-0.39, 0.29) is 30.1 Å². The van der Waals surface area contributed by atoms with Gasteiger partial charge in [-0.1, -0.05) is 19.9 Å². The lowest BCUT2D eigenvalue weighted by atomic mass is 9.80. The first-order chi connectivity index (χ1) is 11.5. The third-order valence-electron chi connectivity index (χ3n) is 5.19. The smallest absolute Gasteiger partial charge is 0.387 e. The summed E-state index contributed by atoms with van der Waals surface area (Å²) in [5, 5.41) is 3.12. The number of nitrogens with one attached hydrogen (secondary N) is 1. The third kappa shape index (κ3) is 4.82. The van der Waals surface area contributed by atoms with Crippen molar-refractivity contribution in [3.05, 3.63) is 29.3 Å². The Labute approximate surface area is 153 Å². The van der Waals surface area contributed by atoms with E-state index < -0.39 is 12.0 Å². The quantitative estimate of drug-likeness (QED) is 0.756. The van der Waals surface area contributed by atoms with Gasteiger partial charge in [0, 0.05) is 6.54 Å². The number of alkyl halides is 2. The molecule has 1 unspecified atom stereocenters. The van der Waals surface area contributed by atoms with Crippen molar-refractivity contribution in [2.24, 2.45) is 11.1 Å². The monoisotopic (exact) mass is 376 g/mol. The normalized spacial score (nSPS) is 16.8. The summed E-state index contributed by atoms with van der Waals surface area (Å²) < 4.78 is 29.2. The van der Waals surface area contributed by atoms with Crippen LogP contribution in [-0.2, 0) is 11.2 Å². The predicted molar refractivity (Wildman–Crippen MR) is 96.2 cm³/mol. The van der Waals surface area contributed by atoms with Crippen molar-refractivity contribution in [2.45, 2.75) is 58.6 Å². The fourth-order valence-corrected chi connectivity index (χ4v) is 3.38. The maximum atomic E-state index is 12.7. The van der Waals surface area contributed by atoms with Crippen LogP contribution in [0.2, 0.25) is 0 Å². The van der Waals surface area contributed by atoms with E-state index in [0.29, 0.717) is 19.4 Å². The van der Waals surface area contributed by atoms with E-state index in [1.54, 1.807) is 12.1 Å². The largest absolute Gasteiger partial charge is 0.435 e. The van der Waals surface area contributed by atoms with E-state index in [1.165, 1.54) is 6.07 Å². The zero-order chi connectivity index (χ0) is 17.7. The van der Waals surface area contributed by atoms with Crippen LogP contribution >= 0.6 is 12.4 Å². The van der Waals surface area contributed by atoms with E-state index >= 15 is 0 Å². The van der Waals surface area contributed by atoms with Gasteiger partial charge in [-0.2, -0.15) is 8.78 Å². The van der Waals surface area contributed by atoms with Gasteiger partial charge in [0.2, 0.25) is 5.91 Å². The van der Waals surface area contributed by atoms with Crippen LogP contribution < -0.4 is 15.8 Å². The van der Waals surface area contributed by atoms with Crippen LogP contribution in [-0.4, -0.2) is 19.1 Å². The van der Waals surface area contributed by atoms with Gasteiger partial charge in [-0.3, -0.25) is 4.79 Å². The van der Waals surface area contributed by atoms with Crippen LogP contribution in [0.3, 0.4) is 0 Å². The highest BCUT2D eigenvalue weighted by molar-refractivity contribution is 5.85. The molecule has 1 aromatic carbocycles. The Balaban J connectivity index is 0.00000312. The lowest BCUT2D eigenvalue weighted by Crippen LogP contribution is -2.46. The van der Waals surface area contributed by atoms with Crippen LogP contribution in [0.4, 0.5) is 8.78 Å². The first-order valence-corrected chi connectivity index (χ1v) is 8.54. The highest BCUT2D eigenvalue weighted by Gasteiger charge is 2.35. The summed E-state index contributed by atoms with van der Waals surface area (Å²) in [5.41, 5.74) is 7.24. The minimum absolute atomic E-state index is 0. The number of rotatable bonds is 7. The summed E-state index contributed by atoms with van der Waals surface area (Å²) in [5.74, 6) is 0.134. The summed E-state index contributed by atoms with van der Waals surface area (Å²) in [4.78, 5) is 12.7. The topological polar surface area (TPSA) is 64.4 Å². The maximum Gasteiger partial charge on any atom is 0.387 e. The molecule has 1 atom stereocenters.